The van der Waals surface area contributed by atoms with Gasteiger partial charge < -0.3 is 15.4 Å². The molecule has 4 heterocycles. The molecule has 1 fully saturated rings. The number of carbonyl (C=O) groups excluding carboxylic acids is 2. The summed E-state index contributed by atoms with van der Waals surface area (Å²) in [7, 11) is -3.58. The molecule has 6 rings (SSSR count). The number of hydrogen-bond donors (Lipinski definition) is 2. The van der Waals surface area contributed by atoms with Gasteiger partial charge in [0.05, 0.1) is 17.8 Å². The zero-order valence-corrected chi connectivity index (χ0v) is 21.4. The molecule has 2 aliphatic heterocycles. The van der Waals surface area contributed by atoms with E-state index in [4.69, 9.17) is 9.84 Å². The van der Waals surface area contributed by atoms with Gasteiger partial charge in [-0.1, -0.05) is 18.2 Å². The minimum Gasteiger partial charge on any atom is -0.493 e. The van der Waals surface area contributed by atoms with E-state index in [0.717, 1.165) is 23.1 Å². The predicted molar refractivity (Wildman–Crippen MR) is 136 cm³/mol. The topological polar surface area (TPSA) is 132 Å². The quantitative estimate of drug-likeness (QED) is 0.527. The molecule has 1 saturated carbocycles. The zero-order chi connectivity index (χ0) is 25.9. The summed E-state index contributed by atoms with van der Waals surface area (Å²) < 4.78 is 30.8. The maximum absolute atomic E-state index is 13.6. The number of pyridine rings is 1. The Morgan fingerprint density at radius 1 is 1.27 bits per heavy atom. The summed E-state index contributed by atoms with van der Waals surface area (Å²) >= 11 is 0. The lowest BCUT2D eigenvalue weighted by molar-refractivity contribution is -0.113. The van der Waals surface area contributed by atoms with Crippen molar-refractivity contribution in [2.45, 2.75) is 44.1 Å². The van der Waals surface area contributed by atoms with Crippen molar-refractivity contribution in [1.29, 1.82) is 0 Å². The van der Waals surface area contributed by atoms with Gasteiger partial charge in [0, 0.05) is 30.9 Å². The molecule has 2 amide bonds. The van der Waals surface area contributed by atoms with Gasteiger partial charge in [-0.25, -0.2) is 13.4 Å². The Hall–Kier alpha value is -3.73. The van der Waals surface area contributed by atoms with Crippen molar-refractivity contribution in [3.63, 3.8) is 0 Å². The molecule has 192 valence electrons. The lowest BCUT2D eigenvalue weighted by atomic mass is 9.77. The molecule has 1 spiro atoms. The maximum atomic E-state index is 13.6. The molecular weight excluding hydrogens is 494 g/mol. The van der Waals surface area contributed by atoms with Crippen LogP contribution in [0.5, 0.6) is 5.75 Å². The summed E-state index contributed by atoms with van der Waals surface area (Å²) in [4.78, 5) is 30.7. The molecule has 0 radical (unpaired) electrons. The smallest absolute Gasteiger partial charge is 0.257 e. The summed E-state index contributed by atoms with van der Waals surface area (Å²) in [6.45, 7) is 2.35. The summed E-state index contributed by atoms with van der Waals surface area (Å²) in [6, 6.07) is 9.82. The van der Waals surface area contributed by atoms with E-state index in [9.17, 15) is 18.0 Å². The van der Waals surface area contributed by atoms with Gasteiger partial charge in [0.2, 0.25) is 5.91 Å². The molecule has 11 heteroatoms. The van der Waals surface area contributed by atoms with Crippen LogP contribution in [0, 0.1) is 6.92 Å². The van der Waals surface area contributed by atoms with Crippen molar-refractivity contribution >= 4 is 27.5 Å². The van der Waals surface area contributed by atoms with Gasteiger partial charge in [-0.05, 0) is 48.9 Å². The number of sulfone groups is 1. The van der Waals surface area contributed by atoms with E-state index in [-0.39, 0.29) is 11.4 Å². The summed E-state index contributed by atoms with van der Waals surface area (Å²) in [6.07, 6.45) is 5.96. The molecule has 0 unspecified atom stereocenters. The highest BCUT2D eigenvalue weighted by Gasteiger charge is 2.46. The average molecular weight is 522 g/mol. The maximum Gasteiger partial charge on any atom is 0.257 e. The number of nitrogens with one attached hydrogen (secondary N) is 2. The fraction of sp³-hybridized carbons (Fsp3) is 0.385. The zero-order valence-electron chi connectivity index (χ0n) is 20.6. The van der Waals surface area contributed by atoms with Crippen molar-refractivity contribution in [2.75, 3.05) is 23.9 Å². The molecule has 1 aromatic carbocycles. The molecule has 2 aromatic heterocycles. The molecule has 10 nitrogen and oxygen atoms in total. The van der Waals surface area contributed by atoms with Crippen molar-refractivity contribution in [1.82, 2.24) is 20.1 Å². The third-order valence-electron chi connectivity index (χ3n) is 7.13. The standard InChI is InChI=1S/C26H27N5O5S/c1-15-3-8-21(27-13-15)31-24(28-22(32)14-37(2,34)35)23-19(30-31)12-26(29-25(23)33)9-10-36-20-11-17(16-4-5-16)6-7-18(20)26/h3,6-8,11,13,16H,4-5,9-10,12,14H2,1-2H3,(H,28,32)(H,29,33)/t26-/m0/s1. The van der Waals surface area contributed by atoms with Crippen LogP contribution < -0.4 is 15.4 Å². The molecule has 3 aromatic rings. The van der Waals surface area contributed by atoms with Crippen LogP contribution in [-0.4, -0.2) is 53.6 Å². The van der Waals surface area contributed by atoms with E-state index in [2.05, 4.69) is 27.8 Å². The molecule has 0 saturated heterocycles. The van der Waals surface area contributed by atoms with Crippen LogP contribution in [-0.2, 0) is 26.6 Å². The van der Waals surface area contributed by atoms with E-state index in [1.54, 1.807) is 12.3 Å². The predicted octanol–water partition coefficient (Wildman–Crippen LogP) is 2.40. The van der Waals surface area contributed by atoms with Gasteiger partial charge >= 0.3 is 0 Å². The lowest BCUT2D eigenvalue weighted by Crippen LogP contribution is -2.53. The SMILES string of the molecule is Cc1ccc(-n2nc3c(c2NC(=O)CS(C)(=O)=O)C(=O)N[C@@]2(CCOc4cc(C5CC5)ccc42)C3)nc1. The highest BCUT2D eigenvalue weighted by atomic mass is 32.2. The van der Waals surface area contributed by atoms with E-state index in [0.29, 0.717) is 36.9 Å². The van der Waals surface area contributed by atoms with E-state index in [1.807, 2.05) is 19.1 Å². The van der Waals surface area contributed by atoms with Gasteiger partial charge in [-0.3, -0.25) is 9.59 Å². The van der Waals surface area contributed by atoms with Crippen LogP contribution in [0.3, 0.4) is 0 Å². The Balaban J connectivity index is 1.43. The summed E-state index contributed by atoms with van der Waals surface area (Å²) in [5.74, 6) is -0.00461. The number of anilines is 1. The van der Waals surface area contributed by atoms with E-state index in [1.165, 1.54) is 23.1 Å². The second kappa shape index (κ2) is 8.41. The van der Waals surface area contributed by atoms with Gasteiger partial charge in [0.1, 0.15) is 17.1 Å². The lowest BCUT2D eigenvalue weighted by Gasteiger charge is -2.41. The number of ether oxygens (including phenoxy) is 1. The van der Waals surface area contributed by atoms with Gasteiger partial charge in [0.15, 0.2) is 21.5 Å². The monoisotopic (exact) mass is 521 g/mol. The number of benzene rings is 1. The Morgan fingerprint density at radius 2 is 2.08 bits per heavy atom. The molecular formula is C26H27N5O5S. The van der Waals surface area contributed by atoms with Gasteiger partial charge in [-0.2, -0.15) is 9.78 Å². The third kappa shape index (κ3) is 4.37. The molecule has 2 N–H and O–H groups in total. The highest BCUT2D eigenvalue weighted by Crippen LogP contribution is 2.47. The van der Waals surface area contributed by atoms with Crippen LogP contribution in [0.2, 0.25) is 0 Å². The summed E-state index contributed by atoms with van der Waals surface area (Å²) in [5.41, 5.74) is 3.10. The number of aromatic nitrogens is 3. The van der Waals surface area contributed by atoms with Crippen molar-refractivity contribution < 1.29 is 22.7 Å². The number of hydrogen-bond acceptors (Lipinski definition) is 7. The Kier molecular flexibility index (Phi) is 5.37. The number of rotatable bonds is 5. The second-order valence-electron chi connectivity index (χ2n) is 10.2. The van der Waals surface area contributed by atoms with E-state index < -0.39 is 32.9 Å². The largest absolute Gasteiger partial charge is 0.493 e. The normalized spacial score (nSPS) is 20.5. The first-order valence-electron chi connectivity index (χ1n) is 12.2. The van der Waals surface area contributed by atoms with Crippen molar-refractivity contribution in [2.24, 2.45) is 0 Å². The highest BCUT2D eigenvalue weighted by molar-refractivity contribution is 7.91. The number of fused-ring (bicyclic) bond motifs is 3. The molecule has 37 heavy (non-hydrogen) atoms. The molecule has 1 atom stereocenters. The number of amides is 2. The first-order valence-corrected chi connectivity index (χ1v) is 14.3. The molecule has 1 aliphatic carbocycles. The average Bonchev–Trinajstić information content (AvgIpc) is 3.61. The minimum absolute atomic E-state index is 0.101. The Labute approximate surface area is 214 Å². The van der Waals surface area contributed by atoms with Crippen molar-refractivity contribution in [3.8, 4) is 11.6 Å². The third-order valence-corrected chi connectivity index (χ3v) is 7.91. The number of nitrogens with zero attached hydrogens (tertiary/aromatic N) is 3. The minimum atomic E-state index is -3.58. The van der Waals surface area contributed by atoms with Crippen LogP contribution in [0.1, 0.15) is 57.9 Å². The van der Waals surface area contributed by atoms with Gasteiger partial charge in [-0.15, -0.1) is 0 Å². The fourth-order valence-corrected chi connectivity index (χ4v) is 5.76. The first kappa shape index (κ1) is 23.7. The second-order valence-corrected chi connectivity index (χ2v) is 12.4. The fourth-order valence-electron chi connectivity index (χ4n) is 5.22. The Morgan fingerprint density at radius 3 is 2.78 bits per heavy atom. The molecule has 3 aliphatic rings. The van der Waals surface area contributed by atoms with Gasteiger partial charge in [0.25, 0.3) is 5.91 Å². The van der Waals surface area contributed by atoms with Crippen LogP contribution in [0.25, 0.3) is 5.82 Å². The van der Waals surface area contributed by atoms with Crippen LogP contribution in [0.15, 0.2) is 36.5 Å². The first-order chi connectivity index (χ1) is 17.6. The van der Waals surface area contributed by atoms with E-state index >= 15 is 0 Å². The van der Waals surface area contributed by atoms with Crippen LogP contribution in [0.4, 0.5) is 5.82 Å². The number of carbonyl (C=O) groups is 2. The Bertz CT molecular complexity index is 1540. The van der Waals surface area contributed by atoms with Crippen LogP contribution >= 0.6 is 0 Å². The van der Waals surface area contributed by atoms with Crippen molar-refractivity contribution in [3.05, 3.63) is 64.5 Å². The summed E-state index contributed by atoms with van der Waals surface area (Å²) in [5, 5.41) is 10.5. The molecule has 0 bridgehead atoms. The number of aryl methyl sites for hydroxylation is 1.